The van der Waals surface area contributed by atoms with Gasteiger partial charge >= 0.3 is 0 Å². The minimum atomic E-state index is -0.339. The van der Waals surface area contributed by atoms with E-state index in [0.717, 1.165) is 31.6 Å². The highest BCUT2D eigenvalue weighted by atomic mass is 19.1. The third kappa shape index (κ3) is 3.46. The van der Waals surface area contributed by atoms with Gasteiger partial charge in [0.25, 0.3) is 0 Å². The van der Waals surface area contributed by atoms with Crippen molar-refractivity contribution in [3.05, 3.63) is 29.6 Å². The van der Waals surface area contributed by atoms with E-state index in [1.165, 1.54) is 12.1 Å². The molecule has 0 spiro atoms. The molecule has 4 heteroatoms. The third-order valence-electron chi connectivity index (χ3n) is 3.74. The van der Waals surface area contributed by atoms with Gasteiger partial charge in [-0.2, -0.15) is 0 Å². The van der Waals surface area contributed by atoms with E-state index >= 15 is 0 Å². The standard InChI is InChI=1S/C15H20FNO2/c1-10-3-6-13(7-4-10)19-15-9-12(16)5-8-14(15)11(2)17-18/h5,8-10,13,18H,3-4,6-7H2,1-2H3. The zero-order chi connectivity index (χ0) is 13.8. The van der Waals surface area contributed by atoms with E-state index in [9.17, 15) is 4.39 Å². The number of benzene rings is 1. The second-order valence-corrected chi connectivity index (χ2v) is 5.33. The Kier molecular flexibility index (Phi) is 4.40. The minimum Gasteiger partial charge on any atom is -0.490 e. The van der Waals surface area contributed by atoms with Crippen molar-refractivity contribution in [2.75, 3.05) is 0 Å². The van der Waals surface area contributed by atoms with Crippen LogP contribution in [0.1, 0.15) is 45.1 Å². The molecule has 0 atom stereocenters. The molecular weight excluding hydrogens is 245 g/mol. The predicted molar refractivity (Wildman–Crippen MR) is 72.4 cm³/mol. The van der Waals surface area contributed by atoms with Crippen LogP contribution in [-0.2, 0) is 0 Å². The van der Waals surface area contributed by atoms with Crippen LogP contribution in [0.5, 0.6) is 5.75 Å². The Morgan fingerprint density at radius 2 is 2.00 bits per heavy atom. The van der Waals surface area contributed by atoms with E-state index in [2.05, 4.69) is 12.1 Å². The minimum absolute atomic E-state index is 0.128. The van der Waals surface area contributed by atoms with Gasteiger partial charge in [0.2, 0.25) is 0 Å². The summed E-state index contributed by atoms with van der Waals surface area (Å²) in [5.41, 5.74) is 1.07. The van der Waals surface area contributed by atoms with Crippen molar-refractivity contribution in [3.63, 3.8) is 0 Å². The van der Waals surface area contributed by atoms with Crippen LogP contribution in [0.15, 0.2) is 23.4 Å². The molecule has 1 fully saturated rings. The first-order valence-corrected chi connectivity index (χ1v) is 6.75. The fourth-order valence-electron chi connectivity index (χ4n) is 2.47. The molecular formula is C15H20FNO2. The van der Waals surface area contributed by atoms with Crippen LogP contribution in [0.25, 0.3) is 0 Å². The predicted octanol–water partition coefficient (Wildman–Crippen LogP) is 3.98. The molecule has 2 rings (SSSR count). The highest BCUT2D eigenvalue weighted by Gasteiger charge is 2.21. The van der Waals surface area contributed by atoms with Crippen LogP contribution in [0.3, 0.4) is 0 Å². The summed E-state index contributed by atoms with van der Waals surface area (Å²) in [4.78, 5) is 0. The molecule has 0 aromatic heterocycles. The van der Waals surface area contributed by atoms with Gasteiger partial charge in [-0.25, -0.2) is 4.39 Å². The number of halogens is 1. The largest absolute Gasteiger partial charge is 0.490 e. The van der Waals surface area contributed by atoms with Gasteiger partial charge in [0, 0.05) is 11.6 Å². The van der Waals surface area contributed by atoms with E-state index in [0.29, 0.717) is 17.0 Å². The highest BCUT2D eigenvalue weighted by Crippen LogP contribution is 2.29. The molecule has 1 saturated carbocycles. The van der Waals surface area contributed by atoms with E-state index in [1.54, 1.807) is 13.0 Å². The zero-order valence-electron chi connectivity index (χ0n) is 11.4. The number of hydrogen-bond donors (Lipinski definition) is 1. The van der Waals surface area contributed by atoms with Crippen molar-refractivity contribution in [2.45, 2.75) is 45.6 Å². The van der Waals surface area contributed by atoms with Gasteiger partial charge in [0.15, 0.2) is 0 Å². The summed E-state index contributed by atoms with van der Waals surface area (Å²) in [6, 6.07) is 4.30. The maximum absolute atomic E-state index is 13.3. The molecule has 0 aliphatic heterocycles. The van der Waals surface area contributed by atoms with Gasteiger partial charge in [-0.3, -0.25) is 0 Å². The molecule has 0 unspecified atom stereocenters. The molecule has 0 amide bonds. The quantitative estimate of drug-likeness (QED) is 0.510. The fraction of sp³-hybridized carbons (Fsp3) is 0.533. The monoisotopic (exact) mass is 265 g/mol. The van der Waals surface area contributed by atoms with Crippen LogP contribution in [0, 0.1) is 11.7 Å². The zero-order valence-corrected chi connectivity index (χ0v) is 11.4. The molecule has 3 nitrogen and oxygen atoms in total. The summed E-state index contributed by atoms with van der Waals surface area (Å²) in [6.45, 7) is 3.91. The van der Waals surface area contributed by atoms with Gasteiger partial charge < -0.3 is 9.94 Å². The molecule has 0 heterocycles. The van der Waals surface area contributed by atoms with Gasteiger partial charge in [-0.1, -0.05) is 12.1 Å². The number of ether oxygens (including phenoxy) is 1. The van der Waals surface area contributed by atoms with Crippen molar-refractivity contribution in [1.29, 1.82) is 0 Å². The maximum Gasteiger partial charge on any atom is 0.131 e. The summed E-state index contributed by atoms with van der Waals surface area (Å²) in [6.07, 6.45) is 4.40. The first-order chi connectivity index (χ1) is 9.10. The van der Waals surface area contributed by atoms with Crippen LogP contribution in [-0.4, -0.2) is 17.0 Å². The smallest absolute Gasteiger partial charge is 0.131 e. The SMILES string of the molecule is CC(=NO)c1ccc(F)cc1OC1CCC(C)CC1. The average molecular weight is 265 g/mol. The molecule has 0 saturated heterocycles. The highest BCUT2D eigenvalue weighted by molar-refractivity contribution is 6.00. The molecule has 0 bridgehead atoms. The van der Waals surface area contributed by atoms with Gasteiger partial charge in [-0.05, 0) is 50.7 Å². The van der Waals surface area contributed by atoms with Crippen molar-refractivity contribution < 1.29 is 14.3 Å². The summed E-state index contributed by atoms with van der Waals surface area (Å²) in [5.74, 6) is 0.871. The molecule has 1 aliphatic rings. The maximum atomic E-state index is 13.3. The Morgan fingerprint density at radius 3 is 2.63 bits per heavy atom. The molecule has 1 aromatic rings. The van der Waals surface area contributed by atoms with Crippen LogP contribution in [0.2, 0.25) is 0 Å². The second kappa shape index (κ2) is 6.04. The average Bonchev–Trinajstić information content (AvgIpc) is 2.41. The summed E-state index contributed by atoms with van der Waals surface area (Å²) >= 11 is 0. The number of oxime groups is 1. The fourth-order valence-corrected chi connectivity index (χ4v) is 2.47. The third-order valence-corrected chi connectivity index (χ3v) is 3.74. The number of hydrogen-bond acceptors (Lipinski definition) is 3. The van der Waals surface area contributed by atoms with Gasteiger partial charge in [0.1, 0.15) is 11.6 Å². The Hall–Kier alpha value is -1.58. The van der Waals surface area contributed by atoms with Crippen LogP contribution in [0.4, 0.5) is 4.39 Å². The lowest BCUT2D eigenvalue weighted by molar-refractivity contribution is 0.135. The Balaban J connectivity index is 2.16. The van der Waals surface area contributed by atoms with Crippen LogP contribution >= 0.6 is 0 Å². The Labute approximate surface area is 113 Å². The van der Waals surface area contributed by atoms with Gasteiger partial charge in [0.05, 0.1) is 11.8 Å². The number of nitrogens with zero attached hydrogens (tertiary/aromatic N) is 1. The van der Waals surface area contributed by atoms with Crippen molar-refractivity contribution in [1.82, 2.24) is 0 Å². The molecule has 1 aromatic carbocycles. The van der Waals surface area contributed by atoms with Crippen LogP contribution < -0.4 is 4.74 Å². The van der Waals surface area contributed by atoms with E-state index in [1.807, 2.05) is 0 Å². The topological polar surface area (TPSA) is 41.8 Å². The van der Waals surface area contributed by atoms with Crippen molar-refractivity contribution >= 4 is 5.71 Å². The lowest BCUT2D eigenvalue weighted by Gasteiger charge is -2.27. The first kappa shape index (κ1) is 13.8. The van der Waals surface area contributed by atoms with Gasteiger partial charge in [-0.15, -0.1) is 0 Å². The van der Waals surface area contributed by atoms with E-state index < -0.39 is 0 Å². The summed E-state index contributed by atoms with van der Waals surface area (Å²) in [5, 5.41) is 12.0. The molecule has 1 N–H and O–H groups in total. The van der Waals surface area contributed by atoms with Crippen molar-refractivity contribution in [2.24, 2.45) is 11.1 Å². The molecule has 0 radical (unpaired) electrons. The molecule has 19 heavy (non-hydrogen) atoms. The van der Waals surface area contributed by atoms with E-state index in [-0.39, 0.29) is 11.9 Å². The van der Waals surface area contributed by atoms with E-state index in [4.69, 9.17) is 9.94 Å². The summed E-state index contributed by atoms with van der Waals surface area (Å²) in [7, 11) is 0. The lowest BCUT2D eigenvalue weighted by Crippen LogP contribution is -2.23. The Bertz CT molecular complexity index is 465. The second-order valence-electron chi connectivity index (χ2n) is 5.33. The Morgan fingerprint density at radius 1 is 1.32 bits per heavy atom. The normalized spacial score (nSPS) is 24.3. The molecule has 104 valence electrons. The lowest BCUT2D eigenvalue weighted by atomic mass is 9.89. The number of rotatable bonds is 3. The van der Waals surface area contributed by atoms with Crippen molar-refractivity contribution in [3.8, 4) is 5.75 Å². The molecule has 1 aliphatic carbocycles. The summed E-state index contributed by atoms with van der Waals surface area (Å²) < 4.78 is 19.3. The first-order valence-electron chi connectivity index (χ1n) is 6.75.